The van der Waals surface area contributed by atoms with Gasteiger partial charge in [0.15, 0.2) is 0 Å². The molecule has 0 aliphatic carbocycles. The van der Waals surface area contributed by atoms with Crippen molar-refractivity contribution in [1.82, 2.24) is 5.32 Å². The number of esters is 1. The Morgan fingerprint density at radius 2 is 1.38 bits per heavy atom. The SMILES string of the molecule is CCCCCCCCCCOC(=O)[C@H](CS)NC(=O)OCCCC. The van der Waals surface area contributed by atoms with Crippen molar-refractivity contribution in [1.29, 1.82) is 0 Å². The van der Waals surface area contributed by atoms with Gasteiger partial charge in [-0.1, -0.05) is 65.2 Å². The highest BCUT2D eigenvalue weighted by atomic mass is 32.1. The molecule has 0 fully saturated rings. The molecular weight excluding hydrogens is 326 g/mol. The summed E-state index contributed by atoms with van der Waals surface area (Å²) in [6.45, 7) is 4.98. The summed E-state index contributed by atoms with van der Waals surface area (Å²) >= 11 is 4.09. The third kappa shape index (κ3) is 13.5. The molecular formula is C18H35NO4S. The molecule has 0 heterocycles. The number of nitrogens with one attached hydrogen (secondary N) is 1. The van der Waals surface area contributed by atoms with Crippen LogP contribution in [0.1, 0.15) is 78.1 Å². The van der Waals surface area contributed by atoms with Crippen molar-refractivity contribution in [2.45, 2.75) is 84.1 Å². The Labute approximate surface area is 152 Å². The Kier molecular flexibility index (Phi) is 16.3. The first kappa shape index (κ1) is 23.1. The molecule has 0 aromatic rings. The van der Waals surface area contributed by atoms with E-state index in [0.717, 1.165) is 25.7 Å². The van der Waals surface area contributed by atoms with Gasteiger partial charge in [0.05, 0.1) is 13.2 Å². The zero-order chi connectivity index (χ0) is 18.0. The lowest BCUT2D eigenvalue weighted by atomic mass is 10.1. The van der Waals surface area contributed by atoms with E-state index in [2.05, 4.69) is 24.9 Å². The molecule has 0 saturated heterocycles. The summed E-state index contributed by atoms with van der Waals surface area (Å²) in [5.74, 6) is -0.250. The van der Waals surface area contributed by atoms with Gasteiger partial charge < -0.3 is 14.8 Å². The summed E-state index contributed by atoms with van der Waals surface area (Å²) in [6.07, 6.45) is 10.7. The highest BCUT2D eigenvalue weighted by molar-refractivity contribution is 7.80. The van der Waals surface area contributed by atoms with Crippen molar-refractivity contribution in [2.75, 3.05) is 19.0 Å². The topological polar surface area (TPSA) is 64.6 Å². The van der Waals surface area contributed by atoms with Gasteiger partial charge in [0.1, 0.15) is 6.04 Å². The van der Waals surface area contributed by atoms with E-state index in [0.29, 0.717) is 13.2 Å². The van der Waals surface area contributed by atoms with Gasteiger partial charge in [-0.25, -0.2) is 9.59 Å². The van der Waals surface area contributed by atoms with E-state index in [4.69, 9.17) is 9.47 Å². The molecule has 0 saturated carbocycles. The maximum atomic E-state index is 11.9. The predicted molar refractivity (Wildman–Crippen MR) is 101 cm³/mol. The lowest BCUT2D eigenvalue weighted by Crippen LogP contribution is -2.43. The molecule has 0 aromatic carbocycles. The van der Waals surface area contributed by atoms with Crippen LogP contribution in [0.4, 0.5) is 4.79 Å². The van der Waals surface area contributed by atoms with Crippen LogP contribution >= 0.6 is 12.6 Å². The minimum atomic E-state index is -0.753. The fourth-order valence-electron chi connectivity index (χ4n) is 2.18. The lowest BCUT2D eigenvalue weighted by molar-refractivity contribution is -0.145. The van der Waals surface area contributed by atoms with Crippen molar-refractivity contribution in [3.8, 4) is 0 Å². The molecule has 0 bridgehead atoms. The molecule has 24 heavy (non-hydrogen) atoms. The average Bonchev–Trinajstić information content (AvgIpc) is 2.58. The molecule has 1 atom stereocenters. The molecule has 0 aliphatic rings. The Balaban J connectivity index is 3.69. The molecule has 5 nitrogen and oxygen atoms in total. The van der Waals surface area contributed by atoms with Crippen LogP contribution in [0, 0.1) is 0 Å². The number of hydrogen-bond acceptors (Lipinski definition) is 5. The Bertz CT molecular complexity index is 326. The number of carbonyl (C=O) groups excluding carboxylic acids is 2. The average molecular weight is 362 g/mol. The van der Waals surface area contributed by atoms with Crippen molar-refractivity contribution in [2.24, 2.45) is 0 Å². The van der Waals surface area contributed by atoms with E-state index >= 15 is 0 Å². The molecule has 0 rings (SSSR count). The highest BCUT2D eigenvalue weighted by Crippen LogP contribution is 2.08. The summed E-state index contributed by atoms with van der Waals surface area (Å²) < 4.78 is 10.2. The van der Waals surface area contributed by atoms with Crippen LogP contribution in [0.25, 0.3) is 0 Å². The van der Waals surface area contributed by atoms with E-state index in [-0.39, 0.29) is 5.75 Å². The van der Waals surface area contributed by atoms with Crippen LogP contribution in [0.2, 0.25) is 0 Å². The molecule has 1 amide bonds. The zero-order valence-corrected chi connectivity index (χ0v) is 16.2. The summed E-state index contributed by atoms with van der Waals surface area (Å²) in [6, 6.07) is -0.753. The van der Waals surface area contributed by atoms with Crippen molar-refractivity contribution < 1.29 is 19.1 Å². The van der Waals surface area contributed by atoms with E-state index < -0.39 is 18.1 Å². The van der Waals surface area contributed by atoms with Crippen LogP contribution in [-0.4, -0.2) is 37.1 Å². The molecule has 0 unspecified atom stereocenters. The molecule has 0 radical (unpaired) electrons. The lowest BCUT2D eigenvalue weighted by Gasteiger charge is -2.15. The van der Waals surface area contributed by atoms with E-state index in [1.165, 1.54) is 38.5 Å². The maximum absolute atomic E-state index is 11.9. The first-order chi connectivity index (χ1) is 11.7. The number of thiol groups is 1. The van der Waals surface area contributed by atoms with Crippen molar-refractivity contribution in [3.05, 3.63) is 0 Å². The first-order valence-electron chi connectivity index (χ1n) is 9.36. The Morgan fingerprint density at radius 3 is 1.96 bits per heavy atom. The van der Waals surface area contributed by atoms with E-state index in [1.54, 1.807) is 0 Å². The second-order valence-electron chi connectivity index (χ2n) is 6.01. The Hall–Kier alpha value is -0.910. The quantitative estimate of drug-likeness (QED) is 0.256. The summed E-state index contributed by atoms with van der Waals surface area (Å²) in [5.41, 5.74) is 0. The fraction of sp³-hybridized carbons (Fsp3) is 0.889. The number of amides is 1. The summed E-state index contributed by atoms with van der Waals surface area (Å²) in [4.78, 5) is 23.4. The van der Waals surface area contributed by atoms with Crippen molar-refractivity contribution in [3.63, 3.8) is 0 Å². The number of carbonyl (C=O) groups is 2. The fourth-order valence-corrected chi connectivity index (χ4v) is 2.42. The first-order valence-corrected chi connectivity index (χ1v) is 9.99. The minimum absolute atomic E-state index is 0.194. The summed E-state index contributed by atoms with van der Waals surface area (Å²) in [5, 5.41) is 2.49. The molecule has 0 spiro atoms. The van der Waals surface area contributed by atoms with Crippen LogP contribution in [0.5, 0.6) is 0 Å². The van der Waals surface area contributed by atoms with Gasteiger partial charge in [0, 0.05) is 5.75 Å². The van der Waals surface area contributed by atoms with Gasteiger partial charge in [-0.05, 0) is 12.8 Å². The van der Waals surface area contributed by atoms with Gasteiger partial charge in [-0.3, -0.25) is 0 Å². The highest BCUT2D eigenvalue weighted by Gasteiger charge is 2.21. The molecule has 0 aliphatic heterocycles. The van der Waals surface area contributed by atoms with Gasteiger partial charge >= 0.3 is 12.1 Å². The van der Waals surface area contributed by atoms with E-state index in [9.17, 15) is 9.59 Å². The normalized spacial score (nSPS) is 11.8. The zero-order valence-electron chi connectivity index (χ0n) is 15.3. The second kappa shape index (κ2) is 16.9. The monoisotopic (exact) mass is 361 g/mol. The number of alkyl carbamates (subject to hydrolysis) is 1. The smallest absolute Gasteiger partial charge is 0.407 e. The number of hydrogen-bond donors (Lipinski definition) is 2. The second-order valence-corrected chi connectivity index (χ2v) is 6.38. The molecule has 142 valence electrons. The largest absolute Gasteiger partial charge is 0.464 e. The summed E-state index contributed by atoms with van der Waals surface area (Å²) in [7, 11) is 0. The minimum Gasteiger partial charge on any atom is -0.464 e. The molecule has 6 heteroatoms. The molecule has 1 N–H and O–H groups in total. The van der Waals surface area contributed by atoms with Gasteiger partial charge in [-0.2, -0.15) is 12.6 Å². The van der Waals surface area contributed by atoms with E-state index in [1.807, 2.05) is 6.92 Å². The number of rotatable bonds is 15. The van der Waals surface area contributed by atoms with Crippen molar-refractivity contribution >= 4 is 24.7 Å². The Morgan fingerprint density at radius 1 is 0.833 bits per heavy atom. The third-order valence-corrected chi connectivity index (χ3v) is 4.10. The van der Waals surface area contributed by atoms with Crippen LogP contribution in [-0.2, 0) is 14.3 Å². The van der Waals surface area contributed by atoms with Crippen LogP contribution in [0.15, 0.2) is 0 Å². The van der Waals surface area contributed by atoms with Crippen LogP contribution in [0.3, 0.4) is 0 Å². The third-order valence-electron chi connectivity index (χ3n) is 3.73. The van der Waals surface area contributed by atoms with Gasteiger partial charge in [0.25, 0.3) is 0 Å². The molecule has 0 aromatic heterocycles. The number of unbranched alkanes of at least 4 members (excludes halogenated alkanes) is 8. The number of ether oxygens (including phenoxy) is 2. The maximum Gasteiger partial charge on any atom is 0.407 e. The van der Waals surface area contributed by atoms with Gasteiger partial charge in [-0.15, -0.1) is 0 Å². The predicted octanol–water partition coefficient (Wildman–Crippen LogP) is 4.50. The standard InChI is InChI=1S/C18H35NO4S/c1-3-5-7-8-9-10-11-12-14-22-17(20)16(15-24)19-18(21)23-13-6-4-2/h16,24H,3-15H2,1-2H3,(H,19,21)/t16-/m0/s1. The van der Waals surface area contributed by atoms with Crippen LogP contribution < -0.4 is 5.32 Å². The van der Waals surface area contributed by atoms with Gasteiger partial charge in [0.2, 0.25) is 0 Å².